The van der Waals surface area contributed by atoms with Crippen molar-refractivity contribution >= 4 is 22.5 Å². The van der Waals surface area contributed by atoms with E-state index in [1.807, 2.05) is 12.1 Å². The van der Waals surface area contributed by atoms with Gasteiger partial charge in [-0.15, -0.1) is 0 Å². The quantitative estimate of drug-likeness (QED) is 0.931. The summed E-state index contributed by atoms with van der Waals surface area (Å²) in [6.07, 6.45) is -0.359. The number of fused-ring (bicyclic) bond motifs is 1. The SMILES string of the molecule is Cc1c(C)n(CC(O)CN2CCN(C)CC2)c2ccc(Cl)cc12. The van der Waals surface area contributed by atoms with Gasteiger partial charge in [-0.2, -0.15) is 0 Å². The second-order valence-corrected chi connectivity index (χ2v) is 7.18. The van der Waals surface area contributed by atoms with Crippen molar-refractivity contribution in [3.05, 3.63) is 34.5 Å². The summed E-state index contributed by atoms with van der Waals surface area (Å²) >= 11 is 6.13. The van der Waals surface area contributed by atoms with E-state index < -0.39 is 0 Å². The van der Waals surface area contributed by atoms with Crippen LogP contribution in [-0.2, 0) is 6.54 Å². The van der Waals surface area contributed by atoms with Gasteiger partial charge < -0.3 is 14.6 Å². The second kappa shape index (κ2) is 6.81. The first-order valence-corrected chi connectivity index (χ1v) is 8.67. The largest absolute Gasteiger partial charge is 0.390 e. The molecule has 126 valence electrons. The van der Waals surface area contributed by atoms with Gasteiger partial charge in [0.15, 0.2) is 0 Å². The van der Waals surface area contributed by atoms with E-state index in [0.29, 0.717) is 6.54 Å². The third-order valence-electron chi connectivity index (χ3n) is 5.06. The van der Waals surface area contributed by atoms with Crippen LogP contribution in [0.4, 0.5) is 0 Å². The fourth-order valence-corrected chi connectivity index (χ4v) is 3.63. The second-order valence-electron chi connectivity index (χ2n) is 6.74. The van der Waals surface area contributed by atoms with Gasteiger partial charge in [-0.25, -0.2) is 0 Å². The third kappa shape index (κ3) is 3.56. The van der Waals surface area contributed by atoms with Crippen LogP contribution in [0.3, 0.4) is 0 Å². The predicted octanol–water partition coefficient (Wildman–Crippen LogP) is 2.52. The van der Waals surface area contributed by atoms with Crippen LogP contribution in [0, 0.1) is 13.8 Å². The number of aliphatic hydroxyl groups is 1. The van der Waals surface area contributed by atoms with Crippen LogP contribution < -0.4 is 0 Å². The molecular formula is C18H26ClN3O. The maximum absolute atomic E-state index is 10.6. The summed E-state index contributed by atoms with van der Waals surface area (Å²) in [5, 5.41) is 12.5. The summed E-state index contributed by atoms with van der Waals surface area (Å²) in [5.41, 5.74) is 3.61. The summed E-state index contributed by atoms with van der Waals surface area (Å²) in [7, 11) is 2.15. The first-order chi connectivity index (χ1) is 11.0. The van der Waals surface area contributed by atoms with E-state index in [0.717, 1.165) is 43.3 Å². The molecule has 1 N–H and O–H groups in total. The van der Waals surface area contributed by atoms with E-state index in [4.69, 9.17) is 11.6 Å². The fourth-order valence-electron chi connectivity index (χ4n) is 3.45. The highest BCUT2D eigenvalue weighted by Crippen LogP contribution is 2.28. The van der Waals surface area contributed by atoms with Crippen molar-refractivity contribution in [1.82, 2.24) is 14.4 Å². The number of benzene rings is 1. The fraction of sp³-hybridized carbons (Fsp3) is 0.556. The Balaban J connectivity index is 1.74. The van der Waals surface area contributed by atoms with Crippen LogP contribution in [0.5, 0.6) is 0 Å². The summed E-state index contributed by atoms with van der Waals surface area (Å²) in [5.74, 6) is 0. The van der Waals surface area contributed by atoms with Crippen LogP contribution in [0.25, 0.3) is 10.9 Å². The highest BCUT2D eigenvalue weighted by molar-refractivity contribution is 6.31. The smallest absolute Gasteiger partial charge is 0.0845 e. The molecule has 1 atom stereocenters. The number of rotatable bonds is 4. The molecular weight excluding hydrogens is 310 g/mol. The molecule has 1 aromatic carbocycles. The topological polar surface area (TPSA) is 31.6 Å². The van der Waals surface area contributed by atoms with E-state index in [9.17, 15) is 5.11 Å². The predicted molar refractivity (Wildman–Crippen MR) is 96.4 cm³/mol. The number of nitrogens with zero attached hydrogens (tertiary/aromatic N) is 3. The zero-order chi connectivity index (χ0) is 16.6. The van der Waals surface area contributed by atoms with Gasteiger partial charge in [0.1, 0.15) is 0 Å². The number of hydrogen-bond donors (Lipinski definition) is 1. The lowest BCUT2D eigenvalue weighted by Gasteiger charge is -2.33. The molecule has 2 heterocycles. The average molecular weight is 336 g/mol. The summed E-state index contributed by atoms with van der Waals surface area (Å²) in [4.78, 5) is 4.69. The van der Waals surface area contributed by atoms with Gasteiger partial charge in [0.25, 0.3) is 0 Å². The van der Waals surface area contributed by atoms with Crippen LogP contribution >= 0.6 is 11.6 Å². The number of β-amino-alcohol motifs (C(OH)–C–C–N with tert-alkyl or cyclic N) is 1. The Bertz CT molecular complexity index is 689. The molecule has 0 radical (unpaired) electrons. The van der Waals surface area contributed by atoms with Crippen molar-refractivity contribution in [2.75, 3.05) is 39.8 Å². The Hall–Kier alpha value is -1.07. The van der Waals surface area contributed by atoms with Crippen molar-refractivity contribution in [2.45, 2.75) is 26.5 Å². The molecule has 4 nitrogen and oxygen atoms in total. The highest BCUT2D eigenvalue weighted by Gasteiger charge is 2.19. The van der Waals surface area contributed by atoms with E-state index in [-0.39, 0.29) is 6.10 Å². The molecule has 2 aromatic rings. The lowest BCUT2D eigenvalue weighted by Crippen LogP contribution is -2.47. The van der Waals surface area contributed by atoms with Gasteiger partial charge in [-0.3, -0.25) is 4.90 Å². The van der Waals surface area contributed by atoms with E-state index in [1.165, 1.54) is 16.6 Å². The average Bonchev–Trinajstić information content (AvgIpc) is 2.74. The summed E-state index contributed by atoms with van der Waals surface area (Å²) in [6.45, 7) is 9.83. The molecule has 1 aromatic heterocycles. The molecule has 1 aliphatic rings. The molecule has 0 bridgehead atoms. The van der Waals surface area contributed by atoms with Crippen molar-refractivity contribution in [2.24, 2.45) is 0 Å². The van der Waals surface area contributed by atoms with E-state index in [1.54, 1.807) is 0 Å². The molecule has 1 fully saturated rings. The maximum Gasteiger partial charge on any atom is 0.0845 e. The molecule has 5 heteroatoms. The van der Waals surface area contributed by atoms with Crippen molar-refractivity contribution in [3.8, 4) is 0 Å². The van der Waals surface area contributed by atoms with Gasteiger partial charge in [0.2, 0.25) is 0 Å². The van der Waals surface area contributed by atoms with Gasteiger partial charge in [-0.05, 0) is 44.7 Å². The number of piperazine rings is 1. The van der Waals surface area contributed by atoms with Crippen LogP contribution in [0.2, 0.25) is 5.02 Å². The molecule has 0 saturated carbocycles. The van der Waals surface area contributed by atoms with Crippen molar-refractivity contribution < 1.29 is 5.11 Å². The van der Waals surface area contributed by atoms with Gasteiger partial charge in [0.05, 0.1) is 12.6 Å². The molecule has 1 saturated heterocycles. The molecule has 23 heavy (non-hydrogen) atoms. The maximum atomic E-state index is 10.6. The van der Waals surface area contributed by atoms with E-state index >= 15 is 0 Å². The Morgan fingerprint density at radius 3 is 2.52 bits per heavy atom. The zero-order valence-corrected chi connectivity index (χ0v) is 15.0. The first-order valence-electron chi connectivity index (χ1n) is 8.29. The van der Waals surface area contributed by atoms with Crippen molar-refractivity contribution in [3.63, 3.8) is 0 Å². The molecule has 1 unspecified atom stereocenters. The minimum Gasteiger partial charge on any atom is -0.390 e. The van der Waals surface area contributed by atoms with Crippen LogP contribution in [-0.4, -0.2) is 65.3 Å². The monoisotopic (exact) mass is 335 g/mol. The van der Waals surface area contributed by atoms with E-state index in [2.05, 4.69) is 41.3 Å². The van der Waals surface area contributed by atoms with Crippen LogP contribution in [0.1, 0.15) is 11.3 Å². The summed E-state index contributed by atoms with van der Waals surface area (Å²) in [6, 6.07) is 5.99. The van der Waals surface area contributed by atoms with Crippen LogP contribution in [0.15, 0.2) is 18.2 Å². The first kappa shape index (κ1) is 16.8. The number of aryl methyl sites for hydroxylation is 1. The van der Waals surface area contributed by atoms with Gasteiger partial charge in [0, 0.05) is 54.3 Å². The molecule has 0 spiro atoms. The number of likely N-dealkylation sites (N-methyl/N-ethyl adjacent to an activating group) is 1. The normalized spacial score (nSPS) is 18.7. The Morgan fingerprint density at radius 2 is 1.83 bits per heavy atom. The minimum atomic E-state index is -0.359. The van der Waals surface area contributed by atoms with Gasteiger partial charge in [-0.1, -0.05) is 11.6 Å². The zero-order valence-electron chi connectivity index (χ0n) is 14.2. The number of hydrogen-bond acceptors (Lipinski definition) is 3. The van der Waals surface area contributed by atoms with Crippen molar-refractivity contribution in [1.29, 1.82) is 0 Å². The Labute approximate surface area is 143 Å². The highest BCUT2D eigenvalue weighted by atomic mass is 35.5. The Morgan fingerprint density at radius 1 is 1.13 bits per heavy atom. The lowest BCUT2D eigenvalue weighted by atomic mass is 10.2. The molecule has 0 amide bonds. The lowest BCUT2D eigenvalue weighted by molar-refractivity contribution is 0.0714. The molecule has 3 rings (SSSR count). The third-order valence-corrected chi connectivity index (χ3v) is 5.29. The minimum absolute atomic E-state index is 0.359. The van der Waals surface area contributed by atoms with Gasteiger partial charge >= 0.3 is 0 Å². The number of aromatic nitrogens is 1. The molecule has 1 aliphatic heterocycles. The summed E-state index contributed by atoms with van der Waals surface area (Å²) < 4.78 is 2.22. The Kier molecular flexibility index (Phi) is 4.97. The molecule has 0 aliphatic carbocycles. The number of aliphatic hydroxyl groups excluding tert-OH is 1. The number of halogens is 1. The standard InChI is InChI=1S/C18H26ClN3O/c1-13-14(2)22(18-5-4-15(19)10-17(13)18)12-16(23)11-21-8-6-20(3)7-9-21/h4-5,10,16,23H,6-9,11-12H2,1-3H3.